The number of phosphoric acid groups is 2. The number of carbonyl (C=O) groups excluding carboxylic acids is 4. The zero-order valence-corrected chi connectivity index (χ0v) is 65.3. The van der Waals surface area contributed by atoms with Crippen LogP contribution in [-0.2, 0) is 65.4 Å². The van der Waals surface area contributed by atoms with Gasteiger partial charge in [-0.15, -0.1) is 0 Å². The highest BCUT2D eigenvalue weighted by atomic mass is 31.2. The molecule has 3 unspecified atom stereocenters. The number of unbranched alkanes of at least 4 members (excludes halogenated alkanes) is 43. The molecular weight excluding hydrogens is 1270 g/mol. The molecule has 0 rings (SSSR count). The first kappa shape index (κ1) is 95.1. The van der Waals surface area contributed by atoms with Gasteiger partial charge >= 0.3 is 39.5 Å². The standard InChI is InChI=1S/C78H152O17P2/c1-8-10-11-12-13-14-15-22-26-33-38-47-54-61-78(83)95-74(66-89-76(81)60-53-46-41-40-43-50-57-70(5)6)68-93-97(86,87)91-64-72(79)63-90-96(84,85)92-67-73(65-88-75(80)59-52-45-37-32-29-28-30-35-42-49-56-69(3)4)94-77(82)62-55-48-39-34-27-24-21-19-17-16-18-20-23-25-31-36-44-51-58-71(7)9-2/h69-74,79H,8-68H2,1-7H3,(H,84,85)(H,86,87)/t71?,72-,73-,74-/m1/s1. The van der Waals surface area contributed by atoms with Crippen molar-refractivity contribution in [1.82, 2.24) is 0 Å². The van der Waals surface area contributed by atoms with Crippen molar-refractivity contribution in [3.05, 3.63) is 0 Å². The molecule has 0 heterocycles. The maximum absolute atomic E-state index is 13.1. The Balaban J connectivity index is 5.19. The van der Waals surface area contributed by atoms with Gasteiger partial charge < -0.3 is 33.8 Å². The van der Waals surface area contributed by atoms with Crippen LogP contribution < -0.4 is 0 Å². The molecule has 0 saturated heterocycles. The Morgan fingerprint density at radius 1 is 0.299 bits per heavy atom. The molecule has 0 bridgehead atoms. The molecule has 19 heteroatoms. The number of carbonyl (C=O) groups is 4. The predicted molar refractivity (Wildman–Crippen MR) is 395 cm³/mol. The average Bonchev–Trinajstić information content (AvgIpc) is 1.04. The van der Waals surface area contributed by atoms with E-state index in [1.165, 1.54) is 205 Å². The van der Waals surface area contributed by atoms with E-state index in [-0.39, 0.29) is 25.7 Å². The second-order valence-corrected chi connectivity index (χ2v) is 32.2. The molecule has 0 aliphatic heterocycles. The van der Waals surface area contributed by atoms with Crippen molar-refractivity contribution in [1.29, 1.82) is 0 Å². The smallest absolute Gasteiger partial charge is 0.462 e. The second-order valence-electron chi connectivity index (χ2n) is 29.3. The number of hydrogen-bond acceptors (Lipinski definition) is 15. The number of aliphatic hydroxyl groups is 1. The molecule has 0 aromatic carbocycles. The molecule has 0 spiro atoms. The van der Waals surface area contributed by atoms with E-state index >= 15 is 0 Å². The van der Waals surface area contributed by atoms with Crippen molar-refractivity contribution in [2.75, 3.05) is 39.6 Å². The summed E-state index contributed by atoms with van der Waals surface area (Å²) in [6.45, 7) is 11.9. The van der Waals surface area contributed by atoms with E-state index < -0.39 is 97.5 Å². The molecule has 576 valence electrons. The lowest BCUT2D eigenvalue weighted by molar-refractivity contribution is -0.161. The Hall–Kier alpha value is -1.94. The largest absolute Gasteiger partial charge is 0.472 e. The van der Waals surface area contributed by atoms with Crippen molar-refractivity contribution >= 4 is 39.5 Å². The summed E-state index contributed by atoms with van der Waals surface area (Å²) in [4.78, 5) is 72.8. The van der Waals surface area contributed by atoms with Crippen LogP contribution in [0, 0.1) is 17.8 Å². The summed E-state index contributed by atoms with van der Waals surface area (Å²) in [5.41, 5.74) is 0. The van der Waals surface area contributed by atoms with Crippen LogP contribution in [0.4, 0.5) is 0 Å². The van der Waals surface area contributed by atoms with Crippen LogP contribution in [0.25, 0.3) is 0 Å². The summed E-state index contributed by atoms with van der Waals surface area (Å²) in [5.74, 6) is 0.192. The first-order valence-electron chi connectivity index (χ1n) is 40.4. The minimum absolute atomic E-state index is 0.106. The molecule has 0 aliphatic rings. The third kappa shape index (κ3) is 70.9. The van der Waals surface area contributed by atoms with Crippen molar-refractivity contribution < 1.29 is 80.2 Å². The highest BCUT2D eigenvalue weighted by Gasteiger charge is 2.30. The Morgan fingerprint density at radius 2 is 0.526 bits per heavy atom. The van der Waals surface area contributed by atoms with Crippen LogP contribution in [0.2, 0.25) is 0 Å². The van der Waals surface area contributed by atoms with E-state index in [1.54, 1.807) is 0 Å². The molecule has 3 N–H and O–H groups in total. The fourth-order valence-corrected chi connectivity index (χ4v) is 13.5. The van der Waals surface area contributed by atoms with Crippen LogP contribution in [0.15, 0.2) is 0 Å². The Kier molecular flexibility index (Phi) is 67.1. The molecule has 0 aromatic heterocycles. The number of aliphatic hydroxyl groups excluding tert-OH is 1. The Bertz CT molecular complexity index is 1890. The first-order chi connectivity index (χ1) is 46.8. The van der Waals surface area contributed by atoms with Gasteiger partial charge in [-0.05, 0) is 43.4 Å². The van der Waals surface area contributed by atoms with E-state index in [9.17, 15) is 43.2 Å². The third-order valence-corrected chi connectivity index (χ3v) is 20.4. The van der Waals surface area contributed by atoms with Gasteiger partial charge in [-0.3, -0.25) is 37.3 Å². The summed E-state index contributed by atoms with van der Waals surface area (Å²) >= 11 is 0. The zero-order valence-electron chi connectivity index (χ0n) is 63.5. The van der Waals surface area contributed by atoms with Crippen LogP contribution >= 0.6 is 15.6 Å². The normalized spacial score (nSPS) is 14.3. The minimum atomic E-state index is -4.96. The Labute approximate surface area is 594 Å². The molecular formula is C78H152O17P2. The number of rotatable bonds is 76. The fourth-order valence-electron chi connectivity index (χ4n) is 11.9. The predicted octanol–water partition coefficient (Wildman–Crippen LogP) is 23.0. The molecule has 0 aliphatic carbocycles. The monoisotopic (exact) mass is 1420 g/mol. The van der Waals surface area contributed by atoms with Gasteiger partial charge in [0, 0.05) is 25.7 Å². The molecule has 6 atom stereocenters. The summed E-state index contributed by atoms with van der Waals surface area (Å²) in [6.07, 6.45) is 55.7. The SMILES string of the molecule is CCCCCCCCCCCCCCCC(=O)O[C@H](COC(=O)CCCCCCCCC(C)C)COP(=O)(O)OC[C@H](O)COP(=O)(O)OC[C@@H](COC(=O)CCCCCCCCCCCCC(C)C)OC(=O)CCCCCCCCCCCCCCCCCCCCC(C)CC. The maximum atomic E-state index is 13.1. The lowest BCUT2D eigenvalue weighted by Gasteiger charge is -2.21. The third-order valence-electron chi connectivity index (χ3n) is 18.5. The number of esters is 4. The van der Waals surface area contributed by atoms with Gasteiger partial charge in [-0.25, -0.2) is 9.13 Å². The van der Waals surface area contributed by atoms with Crippen molar-refractivity contribution in [2.45, 2.75) is 420 Å². The summed E-state index contributed by atoms with van der Waals surface area (Å²) < 4.78 is 68.5. The van der Waals surface area contributed by atoms with Crippen LogP contribution in [0.1, 0.15) is 402 Å². The molecule has 0 saturated carbocycles. The molecule has 17 nitrogen and oxygen atoms in total. The van der Waals surface area contributed by atoms with Crippen molar-refractivity contribution in [3.63, 3.8) is 0 Å². The van der Waals surface area contributed by atoms with Gasteiger partial charge in [0.15, 0.2) is 12.2 Å². The highest BCUT2D eigenvalue weighted by Crippen LogP contribution is 2.45. The molecule has 0 amide bonds. The number of ether oxygens (including phenoxy) is 4. The van der Waals surface area contributed by atoms with Gasteiger partial charge in [0.05, 0.1) is 26.4 Å². The molecule has 97 heavy (non-hydrogen) atoms. The Morgan fingerprint density at radius 3 is 0.784 bits per heavy atom. The van der Waals surface area contributed by atoms with Gasteiger partial charge in [-0.1, -0.05) is 350 Å². The van der Waals surface area contributed by atoms with Gasteiger partial charge in [0.25, 0.3) is 0 Å². The van der Waals surface area contributed by atoms with Gasteiger partial charge in [-0.2, -0.15) is 0 Å². The fraction of sp³-hybridized carbons (Fsp3) is 0.949. The average molecular weight is 1420 g/mol. The minimum Gasteiger partial charge on any atom is -0.462 e. The van der Waals surface area contributed by atoms with E-state index in [0.717, 1.165) is 108 Å². The van der Waals surface area contributed by atoms with Crippen LogP contribution in [0.3, 0.4) is 0 Å². The van der Waals surface area contributed by atoms with Gasteiger partial charge in [0.2, 0.25) is 0 Å². The topological polar surface area (TPSA) is 237 Å². The van der Waals surface area contributed by atoms with E-state index in [4.69, 9.17) is 37.0 Å². The highest BCUT2D eigenvalue weighted by molar-refractivity contribution is 7.47. The summed E-state index contributed by atoms with van der Waals surface area (Å²) in [7, 11) is -9.91. The summed E-state index contributed by atoms with van der Waals surface area (Å²) in [6, 6.07) is 0. The van der Waals surface area contributed by atoms with E-state index in [1.807, 2.05) is 0 Å². The van der Waals surface area contributed by atoms with E-state index in [2.05, 4.69) is 48.5 Å². The number of phosphoric ester groups is 2. The van der Waals surface area contributed by atoms with Crippen LogP contribution in [0.5, 0.6) is 0 Å². The lowest BCUT2D eigenvalue weighted by Crippen LogP contribution is -2.30. The number of hydrogen-bond donors (Lipinski definition) is 3. The molecule has 0 radical (unpaired) electrons. The van der Waals surface area contributed by atoms with Crippen molar-refractivity contribution in [3.8, 4) is 0 Å². The quantitative estimate of drug-likeness (QED) is 0.0222. The molecule has 0 fully saturated rings. The van der Waals surface area contributed by atoms with Crippen LogP contribution in [-0.4, -0.2) is 96.7 Å². The lowest BCUT2D eigenvalue weighted by atomic mass is 9.99. The van der Waals surface area contributed by atoms with E-state index in [0.29, 0.717) is 31.6 Å². The maximum Gasteiger partial charge on any atom is 0.472 e. The molecule has 0 aromatic rings. The van der Waals surface area contributed by atoms with Crippen molar-refractivity contribution in [2.24, 2.45) is 17.8 Å². The first-order valence-corrected chi connectivity index (χ1v) is 43.4. The second kappa shape index (κ2) is 68.5. The summed E-state index contributed by atoms with van der Waals surface area (Å²) in [5, 5.41) is 10.6. The zero-order chi connectivity index (χ0) is 71.6. The van der Waals surface area contributed by atoms with Gasteiger partial charge in [0.1, 0.15) is 19.3 Å².